The van der Waals surface area contributed by atoms with E-state index < -0.39 is 0 Å². The average molecular weight is 216 g/mol. The minimum atomic E-state index is 0.322. The van der Waals surface area contributed by atoms with Gasteiger partial charge in [0.1, 0.15) is 0 Å². The third-order valence-corrected chi connectivity index (χ3v) is 2.97. The van der Waals surface area contributed by atoms with Crippen molar-refractivity contribution in [1.29, 1.82) is 0 Å². The van der Waals surface area contributed by atoms with E-state index in [0.717, 1.165) is 0 Å². The zero-order valence-corrected chi connectivity index (χ0v) is 6.75. The van der Waals surface area contributed by atoms with E-state index in [2.05, 4.69) is 22.4 Å². The molecule has 0 saturated carbocycles. The fourth-order valence-electron chi connectivity index (χ4n) is 0.0962. The maximum Gasteiger partial charge on any atom is 0.434 e. The molecular formula is C2H6BIOS. The van der Waals surface area contributed by atoms with Crippen molar-refractivity contribution in [2.75, 3.05) is 13.4 Å². The van der Waals surface area contributed by atoms with Gasteiger partial charge in [-0.25, -0.2) is 0 Å². The van der Waals surface area contributed by atoms with E-state index >= 15 is 0 Å². The predicted octanol–water partition coefficient (Wildman–Crippen LogP) is 1.42. The lowest BCUT2D eigenvalue weighted by molar-refractivity contribution is 0.453. The number of hydrogen-bond acceptors (Lipinski definition) is 2. The van der Waals surface area contributed by atoms with Crippen molar-refractivity contribution in [3.8, 4) is 0 Å². The van der Waals surface area contributed by atoms with Crippen LogP contribution in [-0.2, 0) is 4.65 Å². The molecule has 0 aliphatic heterocycles. The van der Waals surface area contributed by atoms with Gasteiger partial charge in [-0.1, -0.05) is 22.4 Å². The maximum atomic E-state index is 4.85. The smallest absolute Gasteiger partial charge is 0.420 e. The number of hydrogen-bond donors (Lipinski definition) is 0. The molecule has 0 aromatic rings. The summed E-state index contributed by atoms with van der Waals surface area (Å²) in [5.41, 5.74) is 0. The molecule has 0 heterocycles. The predicted molar refractivity (Wildman–Crippen MR) is 40.3 cm³/mol. The number of rotatable bonds is 2. The van der Waals surface area contributed by atoms with Crippen LogP contribution in [0, 0.1) is 0 Å². The van der Waals surface area contributed by atoms with Crippen LogP contribution in [0.25, 0.3) is 0 Å². The fraction of sp³-hybridized carbons (Fsp3) is 1.00. The fourth-order valence-corrected chi connectivity index (χ4v) is 0.289. The van der Waals surface area contributed by atoms with Gasteiger partial charge in [-0.3, -0.25) is 0 Å². The Morgan fingerprint density at radius 3 is 2.33 bits per heavy atom. The summed E-state index contributed by atoms with van der Waals surface area (Å²) in [7, 11) is 1.70. The highest BCUT2D eigenvalue weighted by Crippen LogP contribution is 2.07. The third-order valence-electron chi connectivity index (χ3n) is 0.371. The Labute approximate surface area is 56.1 Å². The maximum absolute atomic E-state index is 4.85. The van der Waals surface area contributed by atoms with Crippen molar-refractivity contribution >= 4 is 38.0 Å². The molecule has 0 aromatic heterocycles. The molecule has 0 atom stereocenters. The lowest BCUT2D eigenvalue weighted by Crippen LogP contribution is -1.97. The van der Waals surface area contributed by atoms with E-state index in [1.165, 1.54) is 0 Å². The molecule has 0 N–H and O–H groups in total. The zero-order chi connectivity index (χ0) is 4.99. The Morgan fingerprint density at radius 1 is 1.83 bits per heavy atom. The molecule has 0 aliphatic carbocycles. The molecule has 0 rings (SSSR count). The lowest BCUT2D eigenvalue weighted by Gasteiger charge is -1.93. The first-order valence-electron chi connectivity index (χ1n) is 1.51. The highest BCUT2D eigenvalue weighted by Gasteiger charge is 2.02. The van der Waals surface area contributed by atoms with Crippen molar-refractivity contribution in [2.45, 2.75) is 0 Å². The highest BCUT2D eigenvalue weighted by atomic mass is 127. The summed E-state index contributed by atoms with van der Waals surface area (Å²) in [5, 5.41) is 0. The van der Waals surface area contributed by atoms with E-state index in [4.69, 9.17) is 4.65 Å². The molecule has 0 aromatic carbocycles. The Bertz CT molecular complexity index is 32.7. The first-order valence-corrected chi connectivity index (χ1v) is 4.04. The monoisotopic (exact) mass is 216 g/mol. The first kappa shape index (κ1) is 7.10. The van der Waals surface area contributed by atoms with Crippen LogP contribution in [0.2, 0.25) is 0 Å². The second kappa shape index (κ2) is 4.27. The second-order valence-corrected chi connectivity index (χ2v) is 3.62. The second-order valence-electron chi connectivity index (χ2n) is 0.746. The minimum absolute atomic E-state index is 0.322. The third kappa shape index (κ3) is 3.30. The van der Waals surface area contributed by atoms with E-state index in [9.17, 15) is 0 Å². The molecule has 6 heavy (non-hydrogen) atoms. The van der Waals surface area contributed by atoms with Crippen LogP contribution in [0.4, 0.5) is 0 Å². The van der Waals surface area contributed by atoms with Crippen molar-refractivity contribution in [1.82, 2.24) is 0 Å². The average Bonchev–Trinajstić information content (AvgIpc) is 1.65. The molecule has 0 fully saturated rings. The standard InChI is InChI=1S/C2H6BIOS/c1-5-3(4)6-2/h1-2H3. The van der Waals surface area contributed by atoms with Crippen LogP contribution in [-0.4, -0.2) is 17.4 Å². The summed E-state index contributed by atoms with van der Waals surface area (Å²) in [6.07, 6.45) is 2.01. The van der Waals surface area contributed by atoms with Gasteiger partial charge in [-0.05, 0) is 6.26 Å². The molecule has 4 heteroatoms. The van der Waals surface area contributed by atoms with Crippen LogP contribution >= 0.6 is 34.0 Å². The zero-order valence-electron chi connectivity index (χ0n) is 3.77. The van der Waals surface area contributed by atoms with Gasteiger partial charge in [0.05, 0.1) is 0 Å². The molecule has 1 nitrogen and oxygen atoms in total. The Morgan fingerprint density at radius 2 is 2.33 bits per heavy atom. The Hall–Kier alpha value is 1.10. The molecule has 36 valence electrons. The summed E-state index contributed by atoms with van der Waals surface area (Å²) < 4.78 is 5.17. The SMILES string of the molecule is COB(I)SC. The largest absolute Gasteiger partial charge is 0.434 e. The van der Waals surface area contributed by atoms with Gasteiger partial charge in [-0.2, -0.15) is 11.6 Å². The number of halogens is 1. The molecule has 0 saturated heterocycles. The quantitative estimate of drug-likeness (QED) is 0.509. The Kier molecular flexibility index (Phi) is 5.05. The molecule has 0 amide bonds. The summed E-state index contributed by atoms with van der Waals surface area (Å²) in [6.45, 7) is 0. The van der Waals surface area contributed by atoms with Crippen LogP contribution in [0.3, 0.4) is 0 Å². The van der Waals surface area contributed by atoms with E-state index in [0.29, 0.717) is 4.05 Å². The van der Waals surface area contributed by atoms with Gasteiger partial charge in [-0.15, -0.1) is 0 Å². The van der Waals surface area contributed by atoms with Gasteiger partial charge in [0.2, 0.25) is 0 Å². The first-order chi connectivity index (χ1) is 2.81. The normalized spacial score (nSPS) is 8.50. The molecule has 0 radical (unpaired) electrons. The summed E-state index contributed by atoms with van der Waals surface area (Å²) in [6, 6.07) is 0. The van der Waals surface area contributed by atoms with E-state index in [1.54, 1.807) is 18.7 Å². The molecule has 0 spiro atoms. The summed E-state index contributed by atoms with van der Waals surface area (Å²) >= 11 is 3.90. The Balaban J connectivity index is 2.75. The molecule has 0 aliphatic rings. The van der Waals surface area contributed by atoms with Crippen molar-refractivity contribution in [2.24, 2.45) is 0 Å². The van der Waals surface area contributed by atoms with Crippen LogP contribution < -0.4 is 0 Å². The van der Waals surface area contributed by atoms with Crippen LogP contribution in [0.1, 0.15) is 0 Å². The van der Waals surface area contributed by atoms with Gasteiger partial charge in [0.25, 0.3) is 0 Å². The van der Waals surface area contributed by atoms with Crippen molar-refractivity contribution in [3.63, 3.8) is 0 Å². The molecule has 0 unspecified atom stereocenters. The highest BCUT2D eigenvalue weighted by molar-refractivity contribution is 14.1. The molecular weight excluding hydrogens is 210 g/mol. The van der Waals surface area contributed by atoms with E-state index in [-0.39, 0.29) is 0 Å². The van der Waals surface area contributed by atoms with Crippen LogP contribution in [0.5, 0.6) is 0 Å². The van der Waals surface area contributed by atoms with Crippen LogP contribution in [0.15, 0.2) is 0 Å². The van der Waals surface area contributed by atoms with Gasteiger partial charge < -0.3 is 4.65 Å². The summed E-state index contributed by atoms with van der Waals surface area (Å²) in [5.74, 6) is 0. The topological polar surface area (TPSA) is 9.23 Å². The van der Waals surface area contributed by atoms with Gasteiger partial charge >= 0.3 is 4.05 Å². The summed E-state index contributed by atoms with van der Waals surface area (Å²) in [4.78, 5) is 0. The van der Waals surface area contributed by atoms with Crippen molar-refractivity contribution in [3.05, 3.63) is 0 Å². The molecule has 0 bridgehead atoms. The van der Waals surface area contributed by atoms with E-state index in [1.807, 2.05) is 6.26 Å². The lowest BCUT2D eigenvalue weighted by atomic mass is 10.5. The van der Waals surface area contributed by atoms with Gasteiger partial charge in [0, 0.05) is 7.11 Å². The van der Waals surface area contributed by atoms with Crippen molar-refractivity contribution < 1.29 is 4.65 Å². The minimum Gasteiger partial charge on any atom is -0.420 e. The van der Waals surface area contributed by atoms with Gasteiger partial charge in [0.15, 0.2) is 0 Å².